The zero-order valence-corrected chi connectivity index (χ0v) is 13.6. The molecule has 0 aliphatic rings. The Morgan fingerprint density at radius 3 is 2.45 bits per heavy atom. The third kappa shape index (κ3) is 3.21. The number of rotatable bonds is 8. The lowest BCUT2D eigenvalue weighted by Gasteiger charge is -2.38. The van der Waals surface area contributed by atoms with Crippen LogP contribution in [0.25, 0.3) is 0 Å². The third-order valence-corrected chi connectivity index (χ3v) is 5.71. The van der Waals surface area contributed by atoms with Crippen LogP contribution in [0.15, 0.2) is 11.2 Å². The van der Waals surface area contributed by atoms with E-state index in [1.807, 2.05) is 27.7 Å². The number of H-pyrrole nitrogens is 1. The van der Waals surface area contributed by atoms with Crippen molar-refractivity contribution in [3.8, 4) is 0 Å². The van der Waals surface area contributed by atoms with Crippen molar-refractivity contribution in [3.63, 3.8) is 0 Å². The first kappa shape index (κ1) is 17.1. The highest BCUT2D eigenvalue weighted by Crippen LogP contribution is 2.26. The lowest BCUT2D eigenvalue weighted by molar-refractivity contribution is 0.205. The summed E-state index contributed by atoms with van der Waals surface area (Å²) in [7, 11) is -3.60. The fourth-order valence-corrected chi connectivity index (χ4v) is 3.96. The fourth-order valence-electron chi connectivity index (χ4n) is 2.08. The Bertz CT molecular complexity index is 520. The number of aryl methyl sites for hydroxylation is 1. The second-order valence-corrected chi connectivity index (χ2v) is 7.01. The predicted octanol–water partition coefficient (Wildman–Crippen LogP) is 1.50. The van der Waals surface area contributed by atoms with Gasteiger partial charge in [0, 0.05) is 25.0 Å². The van der Waals surface area contributed by atoms with Gasteiger partial charge in [-0.05, 0) is 19.8 Å². The van der Waals surface area contributed by atoms with Gasteiger partial charge in [-0.15, -0.1) is 0 Å². The zero-order valence-electron chi connectivity index (χ0n) is 12.8. The first-order chi connectivity index (χ1) is 9.35. The summed E-state index contributed by atoms with van der Waals surface area (Å²) >= 11 is 0. The molecule has 0 aromatic carbocycles. The Hall–Kier alpha value is -0.920. The molecule has 0 saturated carbocycles. The van der Waals surface area contributed by atoms with Crippen molar-refractivity contribution >= 4 is 10.0 Å². The first-order valence-electron chi connectivity index (χ1n) is 7.12. The fraction of sp³-hybridized carbons (Fsp3) is 0.769. The summed E-state index contributed by atoms with van der Waals surface area (Å²) in [5, 5.41) is 0.149. The van der Waals surface area contributed by atoms with Gasteiger partial charge in [0.05, 0.1) is 6.20 Å². The maximum absolute atomic E-state index is 12.8. The smallest absolute Gasteiger partial charge is 0.260 e. The van der Waals surface area contributed by atoms with E-state index in [-0.39, 0.29) is 11.6 Å². The summed E-state index contributed by atoms with van der Waals surface area (Å²) in [6.45, 7) is 8.46. The van der Waals surface area contributed by atoms with Crippen LogP contribution in [-0.2, 0) is 16.4 Å². The molecule has 0 aliphatic carbocycles. The number of aromatic nitrogens is 2. The van der Waals surface area contributed by atoms with Crippen molar-refractivity contribution in [1.29, 1.82) is 0 Å². The summed E-state index contributed by atoms with van der Waals surface area (Å²) in [5.41, 5.74) is 5.25. The topological polar surface area (TPSA) is 92.1 Å². The van der Waals surface area contributed by atoms with Gasteiger partial charge in [-0.2, -0.15) is 4.31 Å². The van der Waals surface area contributed by atoms with Crippen LogP contribution in [-0.4, -0.2) is 41.3 Å². The molecule has 116 valence electrons. The van der Waals surface area contributed by atoms with Crippen LogP contribution >= 0.6 is 0 Å². The minimum atomic E-state index is -3.60. The normalized spacial score (nSPS) is 15.5. The van der Waals surface area contributed by atoms with E-state index in [1.165, 1.54) is 10.5 Å². The molecule has 0 spiro atoms. The highest BCUT2D eigenvalue weighted by molar-refractivity contribution is 7.89. The van der Waals surface area contributed by atoms with Crippen molar-refractivity contribution in [2.24, 2.45) is 5.73 Å². The van der Waals surface area contributed by atoms with Gasteiger partial charge < -0.3 is 10.7 Å². The highest BCUT2D eigenvalue weighted by Gasteiger charge is 2.38. The van der Waals surface area contributed by atoms with E-state index in [0.717, 1.165) is 6.42 Å². The van der Waals surface area contributed by atoms with E-state index in [0.29, 0.717) is 25.2 Å². The summed E-state index contributed by atoms with van der Waals surface area (Å²) in [4.78, 5) is 6.97. The molecule has 1 rings (SSSR count). The second kappa shape index (κ2) is 6.69. The van der Waals surface area contributed by atoms with Gasteiger partial charge in [-0.25, -0.2) is 13.4 Å². The molecule has 7 heteroatoms. The Balaban J connectivity index is 3.25. The van der Waals surface area contributed by atoms with Gasteiger partial charge >= 0.3 is 0 Å². The van der Waals surface area contributed by atoms with Crippen LogP contribution in [0.4, 0.5) is 0 Å². The van der Waals surface area contributed by atoms with E-state index in [9.17, 15) is 8.42 Å². The number of hydrogen-bond acceptors (Lipinski definition) is 4. The zero-order chi connectivity index (χ0) is 15.4. The van der Waals surface area contributed by atoms with Gasteiger partial charge in [-0.1, -0.05) is 20.8 Å². The van der Waals surface area contributed by atoms with Gasteiger partial charge in [0.15, 0.2) is 5.03 Å². The molecular formula is C13H26N4O2S. The molecule has 3 N–H and O–H groups in total. The number of nitrogens with zero attached hydrogens (tertiary/aromatic N) is 2. The summed E-state index contributed by atoms with van der Waals surface area (Å²) in [5.74, 6) is 0.672. The second-order valence-electron chi connectivity index (χ2n) is 5.18. The maximum Gasteiger partial charge on any atom is 0.260 e. The number of hydrogen-bond donors (Lipinski definition) is 2. The molecule has 0 aliphatic heterocycles. The lowest BCUT2D eigenvalue weighted by atomic mass is 9.99. The quantitative estimate of drug-likeness (QED) is 0.761. The van der Waals surface area contributed by atoms with Gasteiger partial charge in [0.25, 0.3) is 10.0 Å². The van der Waals surface area contributed by atoms with Crippen molar-refractivity contribution in [1.82, 2.24) is 14.3 Å². The van der Waals surface area contributed by atoms with Crippen molar-refractivity contribution in [2.45, 2.75) is 57.5 Å². The van der Waals surface area contributed by atoms with Crippen molar-refractivity contribution in [3.05, 3.63) is 12.0 Å². The molecule has 0 fully saturated rings. The van der Waals surface area contributed by atoms with Gasteiger partial charge in [-0.3, -0.25) is 0 Å². The highest BCUT2D eigenvalue weighted by atomic mass is 32.2. The van der Waals surface area contributed by atoms with Crippen molar-refractivity contribution < 1.29 is 8.42 Å². The summed E-state index contributed by atoms with van der Waals surface area (Å²) < 4.78 is 27.1. The molecule has 1 heterocycles. The lowest BCUT2D eigenvalue weighted by Crippen LogP contribution is -2.54. The van der Waals surface area contributed by atoms with Crippen LogP contribution in [0.1, 0.15) is 46.4 Å². The first-order valence-corrected chi connectivity index (χ1v) is 8.56. The van der Waals surface area contributed by atoms with E-state index in [4.69, 9.17) is 5.73 Å². The number of sulfonamides is 1. The standard InChI is InChI=1S/C13H26N4O2S/c1-5-8-17(13(4,7-3)10-14)20(18,19)12-9-15-11(6-2)16-12/h9H,5-8,10,14H2,1-4H3,(H,15,16). The molecule has 0 radical (unpaired) electrons. The molecule has 1 aromatic rings. The molecule has 1 atom stereocenters. The number of imidazole rings is 1. The van der Waals surface area contributed by atoms with E-state index in [1.54, 1.807) is 0 Å². The Morgan fingerprint density at radius 1 is 1.40 bits per heavy atom. The molecule has 6 nitrogen and oxygen atoms in total. The minimum absolute atomic E-state index is 0.149. The molecule has 0 saturated heterocycles. The summed E-state index contributed by atoms with van der Waals surface area (Å²) in [6.07, 6.45) is 3.47. The Morgan fingerprint density at radius 2 is 2.05 bits per heavy atom. The van der Waals surface area contributed by atoms with E-state index >= 15 is 0 Å². The van der Waals surface area contributed by atoms with Crippen molar-refractivity contribution in [2.75, 3.05) is 13.1 Å². The minimum Gasteiger partial charge on any atom is -0.332 e. The molecule has 0 bridgehead atoms. The van der Waals surface area contributed by atoms with E-state index in [2.05, 4.69) is 9.97 Å². The number of aromatic amines is 1. The molecular weight excluding hydrogens is 276 g/mol. The molecule has 20 heavy (non-hydrogen) atoms. The Kier molecular flexibility index (Phi) is 5.73. The summed E-state index contributed by atoms with van der Waals surface area (Å²) in [6, 6.07) is 0. The largest absolute Gasteiger partial charge is 0.332 e. The number of nitrogens with two attached hydrogens (primary N) is 1. The third-order valence-electron chi connectivity index (χ3n) is 3.74. The van der Waals surface area contributed by atoms with Crippen LogP contribution in [0.2, 0.25) is 0 Å². The van der Waals surface area contributed by atoms with Crippen LogP contribution in [0.5, 0.6) is 0 Å². The van der Waals surface area contributed by atoms with Gasteiger partial charge in [0.2, 0.25) is 0 Å². The average molecular weight is 302 g/mol. The van der Waals surface area contributed by atoms with Crippen LogP contribution in [0, 0.1) is 0 Å². The average Bonchev–Trinajstić information content (AvgIpc) is 2.93. The monoisotopic (exact) mass is 302 g/mol. The van der Waals surface area contributed by atoms with E-state index < -0.39 is 15.6 Å². The molecule has 1 unspecified atom stereocenters. The van der Waals surface area contributed by atoms with Gasteiger partial charge in [0.1, 0.15) is 5.82 Å². The predicted molar refractivity (Wildman–Crippen MR) is 79.9 cm³/mol. The maximum atomic E-state index is 12.8. The Labute approximate surface area is 121 Å². The molecule has 0 amide bonds. The van der Waals surface area contributed by atoms with Crippen LogP contribution in [0.3, 0.4) is 0 Å². The SMILES string of the molecule is CCCN(C(C)(CC)CN)S(=O)(=O)c1cnc(CC)[nH]1. The molecule has 1 aromatic heterocycles. The van der Waals surface area contributed by atoms with Crippen LogP contribution < -0.4 is 5.73 Å². The number of nitrogens with one attached hydrogen (secondary N) is 1.